The highest BCUT2D eigenvalue weighted by Gasteiger charge is 2.26. The van der Waals surface area contributed by atoms with E-state index in [9.17, 15) is 4.79 Å². The molecule has 0 bridgehead atoms. The van der Waals surface area contributed by atoms with E-state index < -0.39 is 0 Å². The number of amides is 1. The zero-order valence-electron chi connectivity index (χ0n) is 9.37. The van der Waals surface area contributed by atoms with Crippen molar-refractivity contribution in [3.63, 3.8) is 0 Å². The molecule has 2 rings (SSSR count). The average molecular weight is 204 g/mol. The van der Waals surface area contributed by atoms with Gasteiger partial charge in [-0.2, -0.15) is 0 Å². The van der Waals surface area contributed by atoms with Crippen LogP contribution in [-0.4, -0.2) is 18.5 Å². The maximum Gasteiger partial charge on any atom is 0.224 e. The van der Waals surface area contributed by atoms with Gasteiger partial charge in [0.15, 0.2) is 0 Å². The Morgan fingerprint density at radius 3 is 2.93 bits per heavy atom. The number of rotatable bonds is 0. The molecule has 1 aliphatic rings. The van der Waals surface area contributed by atoms with Gasteiger partial charge in [-0.25, -0.2) is 0 Å². The molecule has 80 valence electrons. The Kier molecular flexibility index (Phi) is 2.39. The van der Waals surface area contributed by atoms with E-state index in [4.69, 9.17) is 0 Å². The largest absolute Gasteiger partial charge is 0.381 e. The number of carbonyl (C=O) groups excluding carboxylic acids is 1. The highest BCUT2D eigenvalue weighted by atomic mass is 16.2. The summed E-state index contributed by atoms with van der Waals surface area (Å²) >= 11 is 0. The Morgan fingerprint density at radius 2 is 2.27 bits per heavy atom. The van der Waals surface area contributed by atoms with E-state index >= 15 is 0 Å². The Morgan fingerprint density at radius 1 is 1.53 bits per heavy atom. The monoisotopic (exact) mass is 204 g/mol. The fourth-order valence-electron chi connectivity index (χ4n) is 2.16. The van der Waals surface area contributed by atoms with Crippen LogP contribution in [0.1, 0.15) is 19.4 Å². The third kappa shape index (κ3) is 1.58. The quantitative estimate of drug-likeness (QED) is 0.702. The summed E-state index contributed by atoms with van der Waals surface area (Å²) in [6.07, 6.45) is 0. The lowest BCUT2D eigenvalue weighted by atomic mass is 10.1. The summed E-state index contributed by atoms with van der Waals surface area (Å²) in [7, 11) is 0. The topological polar surface area (TPSA) is 32.3 Å². The molecule has 0 fully saturated rings. The van der Waals surface area contributed by atoms with E-state index in [0.29, 0.717) is 0 Å². The van der Waals surface area contributed by atoms with Gasteiger partial charge in [-0.3, -0.25) is 4.79 Å². The highest BCUT2D eigenvalue weighted by molar-refractivity contribution is 5.97. The Bertz CT molecular complexity index is 401. The van der Waals surface area contributed by atoms with Gasteiger partial charge in [-0.1, -0.05) is 12.1 Å². The molecule has 1 heterocycles. The lowest BCUT2D eigenvalue weighted by molar-refractivity contribution is -0.116. The first-order valence-electron chi connectivity index (χ1n) is 5.24. The molecule has 0 radical (unpaired) electrons. The number of hydrogen-bond donors (Lipinski definition) is 1. The maximum atomic E-state index is 11.6. The number of benzene rings is 1. The standard InChI is InChI=1S/C12H16N2O/c1-8-5-4-6-11-12(8)14(10(3)15)9(2)7-13-11/h4-6,9,13H,7H2,1-3H3/t9-/m0/s1. The van der Waals surface area contributed by atoms with Gasteiger partial charge in [-0.05, 0) is 25.5 Å². The minimum Gasteiger partial charge on any atom is -0.381 e. The van der Waals surface area contributed by atoms with Crippen LogP contribution in [0.2, 0.25) is 0 Å². The predicted octanol–water partition coefficient (Wildman–Crippen LogP) is 2.16. The fraction of sp³-hybridized carbons (Fsp3) is 0.417. The molecule has 1 aromatic rings. The van der Waals surface area contributed by atoms with Crippen LogP contribution in [-0.2, 0) is 4.79 Å². The Labute approximate surface area is 90.1 Å². The van der Waals surface area contributed by atoms with Crippen molar-refractivity contribution in [2.45, 2.75) is 26.8 Å². The lowest BCUT2D eigenvalue weighted by Crippen LogP contribution is -2.45. The third-order valence-corrected chi connectivity index (χ3v) is 2.85. The van der Waals surface area contributed by atoms with E-state index in [1.165, 1.54) is 0 Å². The number of anilines is 2. The van der Waals surface area contributed by atoms with Crippen LogP contribution in [0.3, 0.4) is 0 Å². The SMILES string of the molecule is CC(=O)N1c2c(C)cccc2NC[C@@H]1C. The molecule has 3 heteroatoms. The smallest absolute Gasteiger partial charge is 0.224 e. The number of nitrogens with one attached hydrogen (secondary N) is 1. The molecule has 1 aromatic carbocycles. The molecule has 0 saturated carbocycles. The molecule has 0 unspecified atom stereocenters. The molecule has 0 aromatic heterocycles. The molecule has 15 heavy (non-hydrogen) atoms. The van der Waals surface area contributed by atoms with Gasteiger partial charge in [-0.15, -0.1) is 0 Å². The number of fused-ring (bicyclic) bond motifs is 1. The first-order chi connectivity index (χ1) is 7.11. The van der Waals surface area contributed by atoms with Crippen molar-refractivity contribution in [1.29, 1.82) is 0 Å². The van der Waals surface area contributed by atoms with Crippen molar-refractivity contribution in [3.8, 4) is 0 Å². The van der Waals surface area contributed by atoms with Crippen molar-refractivity contribution in [3.05, 3.63) is 23.8 Å². The van der Waals surface area contributed by atoms with E-state index in [1.807, 2.05) is 30.0 Å². The molecule has 3 nitrogen and oxygen atoms in total. The van der Waals surface area contributed by atoms with Crippen molar-refractivity contribution in [2.75, 3.05) is 16.8 Å². The fourth-order valence-corrected chi connectivity index (χ4v) is 2.16. The number of para-hydroxylation sites is 1. The van der Waals surface area contributed by atoms with Crippen molar-refractivity contribution in [2.24, 2.45) is 0 Å². The molecule has 1 atom stereocenters. The maximum absolute atomic E-state index is 11.6. The van der Waals surface area contributed by atoms with E-state index in [2.05, 4.69) is 12.2 Å². The molecule has 1 amide bonds. The summed E-state index contributed by atoms with van der Waals surface area (Å²) in [5.74, 6) is 0.111. The van der Waals surface area contributed by atoms with E-state index in [0.717, 1.165) is 23.5 Å². The second-order valence-electron chi connectivity index (χ2n) is 4.09. The minimum atomic E-state index is 0.111. The van der Waals surface area contributed by atoms with E-state index in [1.54, 1.807) is 6.92 Å². The van der Waals surface area contributed by atoms with Gasteiger partial charge in [0, 0.05) is 13.5 Å². The molecular formula is C12H16N2O. The number of aryl methyl sites for hydroxylation is 1. The second-order valence-corrected chi connectivity index (χ2v) is 4.09. The van der Waals surface area contributed by atoms with Crippen LogP contribution in [0.4, 0.5) is 11.4 Å². The zero-order chi connectivity index (χ0) is 11.0. The summed E-state index contributed by atoms with van der Waals surface area (Å²) in [6, 6.07) is 6.28. The number of carbonyl (C=O) groups is 1. The average Bonchev–Trinajstić information content (AvgIpc) is 2.18. The first-order valence-corrected chi connectivity index (χ1v) is 5.24. The molecular weight excluding hydrogens is 188 g/mol. The lowest BCUT2D eigenvalue weighted by Gasteiger charge is -2.36. The number of nitrogens with zero attached hydrogens (tertiary/aromatic N) is 1. The zero-order valence-corrected chi connectivity index (χ0v) is 9.37. The van der Waals surface area contributed by atoms with Gasteiger partial charge >= 0.3 is 0 Å². The van der Waals surface area contributed by atoms with Crippen LogP contribution >= 0.6 is 0 Å². The molecule has 1 N–H and O–H groups in total. The van der Waals surface area contributed by atoms with E-state index in [-0.39, 0.29) is 11.9 Å². The van der Waals surface area contributed by atoms with Gasteiger partial charge in [0.05, 0.1) is 17.4 Å². The molecule has 1 aliphatic heterocycles. The van der Waals surface area contributed by atoms with Gasteiger partial charge in [0.25, 0.3) is 0 Å². The Hall–Kier alpha value is -1.51. The van der Waals surface area contributed by atoms with Gasteiger partial charge in [0.2, 0.25) is 5.91 Å². The summed E-state index contributed by atoms with van der Waals surface area (Å²) in [5.41, 5.74) is 3.23. The summed E-state index contributed by atoms with van der Waals surface area (Å²) in [6.45, 7) is 6.53. The third-order valence-electron chi connectivity index (χ3n) is 2.85. The summed E-state index contributed by atoms with van der Waals surface area (Å²) in [4.78, 5) is 13.5. The van der Waals surface area contributed by atoms with Crippen LogP contribution in [0.15, 0.2) is 18.2 Å². The van der Waals surface area contributed by atoms with Crippen LogP contribution in [0, 0.1) is 6.92 Å². The van der Waals surface area contributed by atoms with Crippen LogP contribution < -0.4 is 10.2 Å². The highest BCUT2D eigenvalue weighted by Crippen LogP contribution is 2.34. The van der Waals surface area contributed by atoms with Gasteiger partial charge in [0.1, 0.15) is 0 Å². The van der Waals surface area contributed by atoms with Crippen molar-refractivity contribution in [1.82, 2.24) is 0 Å². The first kappa shape index (κ1) is 10.0. The second kappa shape index (κ2) is 3.57. The van der Waals surface area contributed by atoms with Gasteiger partial charge < -0.3 is 10.2 Å². The Balaban J connectivity index is 2.55. The van der Waals surface area contributed by atoms with Crippen molar-refractivity contribution >= 4 is 17.3 Å². The minimum absolute atomic E-state index is 0.111. The normalized spacial score (nSPS) is 19.4. The van der Waals surface area contributed by atoms with Crippen LogP contribution in [0.5, 0.6) is 0 Å². The summed E-state index contributed by atoms with van der Waals surface area (Å²) < 4.78 is 0. The molecule has 0 saturated heterocycles. The van der Waals surface area contributed by atoms with Crippen molar-refractivity contribution < 1.29 is 4.79 Å². The summed E-state index contributed by atoms with van der Waals surface area (Å²) in [5, 5.41) is 3.34. The molecule has 0 aliphatic carbocycles. The van der Waals surface area contributed by atoms with Crippen LogP contribution in [0.25, 0.3) is 0 Å². The number of hydrogen-bond acceptors (Lipinski definition) is 2. The molecule has 0 spiro atoms. The predicted molar refractivity (Wildman–Crippen MR) is 62.3 cm³/mol.